The van der Waals surface area contributed by atoms with Gasteiger partial charge in [-0.1, -0.05) is 23.8 Å². The number of carbonyl (C=O) groups excluding carboxylic acids is 1. The minimum Gasteiger partial charge on any atom is -0.326 e. The molecule has 8 nitrogen and oxygen atoms in total. The van der Waals surface area contributed by atoms with Gasteiger partial charge in [-0.05, 0) is 62.9 Å². The number of nitrogens with one attached hydrogen (secondary N) is 2. The Hall–Kier alpha value is -2.43. The van der Waals surface area contributed by atoms with Crippen LogP contribution in [0.25, 0.3) is 0 Å². The molecule has 0 saturated heterocycles. The van der Waals surface area contributed by atoms with Crippen LogP contribution in [-0.4, -0.2) is 42.6 Å². The van der Waals surface area contributed by atoms with E-state index >= 15 is 0 Å². The molecule has 0 radical (unpaired) electrons. The molecule has 0 aliphatic carbocycles. The third kappa shape index (κ3) is 5.87. The first-order chi connectivity index (χ1) is 14.6. The molecule has 0 unspecified atom stereocenters. The fraction of sp³-hybridized carbons (Fsp3) is 0.409. The lowest BCUT2D eigenvalue weighted by Crippen LogP contribution is -2.30. The number of hydrogen-bond acceptors (Lipinski definition) is 5. The van der Waals surface area contributed by atoms with Gasteiger partial charge in [-0.3, -0.25) is 9.10 Å². The zero-order chi connectivity index (χ0) is 24.4. The summed E-state index contributed by atoms with van der Waals surface area (Å²) in [6.45, 7) is 8.98. The molecule has 0 aliphatic heterocycles. The van der Waals surface area contributed by atoms with Crippen molar-refractivity contribution in [3.63, 3.8) is 0 Å². The van der Waals surface area contributed by atoms with Crippen LogP contribution in [0.5, 0.6) is 0 Å². The lowest BCUT2D eigenvalue weighted by Gasteiger charge is -2.23. The van der Waals surface area contributed by atoms with Crippen molar-refractivity contribution < 1.29 is 21.6 Å². The zero-order valence-corrected chi connectivity index (χ0v) is 21.2. The SMILES string of the molecule is Cc1cc(C)c(NC(=O)CCNS(=O)(=O)c2ccc(C)c(N(C)S(C)(=O)=O)c2C)c(C)c1. The number of aryl methyl sites for hydroxylation is 4. The fourth-order valence-electron chi connectivity index (χ4n) is 3.71. The quantitative estimate of drug-likeness (QED) is 0.602. The number of hydrogen-bond donors (Lipinski definition) is 2. The maximum Gasteiger partial charge on any atom is 0.240 e. The average Bonchev–Trinajstić information content (AvgIpc) is 2.63. The largest absolute Gasteiger partial charge is 0.326 e. The third-order valence-corrected chi connectivity index (χ3v) is 8.05. The second-order valence-electron chi connectivity index (χ2n) is 8.05. The Morgan fingerprint density at radius 1 is 0.938 bits per heavy atom. The number of anilines is 2. The van der Waals surface area contributed by atoms with E-state index in [0.717, 1.165) is 32.9 Å². The summed E-state index contributed by atoms with van der Waals surface area (Å²) in [5.74, 6) is -0.305. The highest BCUT2D eigenvalue weighted by Gasteiger charge is 2.24. The predicted molar refractivity (Wildman–Crippen MR) is 128 cm³/mol. The Balaban J connectivity index is 2.15. The molecule has 0 spiro atoms. The van der Waals surface area contributed by atoms with E-state index in [-0.39, 0.29) is 23.8 Å². The van der Waals surface area contributed by atoms with Crippen LogP contribution >= 0.6 is 0 Å². The highest BCUT2D eigenvalue weighted by atomic mass is 32.2. The predicted octanol–water partition coefficient (Wildman–Crippen LogP) is 2.93. The monoisotopic (exact) mass is 481 g/mol. The van der Waals surface area contributed by atoms with E-state index in [1.807, 2.05) is 32.9 Å². The number of nitrogens with zero attached hydrogens (tertiary/aromatic N) is 1. The van der Waals surface area contributed by atoms with Crippen molar-refractivity contribution in [2.24, 2.45) is 0 Å². The second kappa shape index (κ2) is 9.60. The van der Waals surface area contributed by atoms with Gasteiger partial charge >= 0.3 is 0 Å². The minimum atomic E-state index is -3.95. The van der Waals surface area contributed by atoms with E-state index < -0.39 is 20.0 Å². The van der Waals surface area contributed by atoms with E-state index in [2.05, 4.69) is 10.0 Å². The molecule has 2 aromatic carbocycles. The summed E-state index contributed by atoms with van der Waals surface area (Å²) >= 11 is 0. The first-order valence-corrected chi connectivity index (χ1v) is 13.4. The molecule has 176 valence electrons. The van der Waals surface area contributed by atoms with Crippen molar-refractivity contribution in [3.8, 4) is 0 Å². The number of benzene rings is 2. The average molecular weight is 482 g/mol. The Labute approximate surface area is 191 Å². The van der Waals surface area contributed by atoms with Crippen molar-refractivity contribution in [1.29, 1.82) is 0 Å². The van der Waals surface area contributed by atoms with E-state index in [9.17, 15) is 21.6 Å². The van der Waals surface area contributed by atoms with Gasteiger partial charge in [0.2, 0.25) is 26.0 Å². The van der Waals surface area contributed by atoms with Crippen molar-refractivity contribution in [2.45, 2.75) is 45.9 Å². The van der Waals surface area contributed by atoms with Crippen LogP contribution in [0, 0.1) is 34.6 Å². The fourth-order valence-corrected chi connectivity index (χ4v) is 5.60. The zero-order valence-electron chi connectivity index (χ0n) is 19.5. The second-order valence-corrected chi connectivity index (χ2v) is 11.8. The summed E-state index contributed by atoms with van der Waals surface area (Å²) in [5, 5.41) is 2.84. The molecule has 2 N–H and O–H groups in total. The number of amides is 1. The van der Waals surface area contributed by atoms with Gasteiger partial charge in [0.25, 0.3) is 0 Å². The van der Waals surface area contributed by atoms with Gasteiger partial charge in [0.1, 0.15) is 0 Å². The Kier molecular flexibility index (Phi) is 7.75. The molecule has 0 bridgehead atoms. The van der Waals surface area contributed by atoms with Crippen LogP contribution in [0.4, 0.5) is 11.4 Å². The molecule has 0 fully saturated rings. The van der Waals surface area contributed by atoms with E-state index in [1.165, 1.54) is 13.1 Å². The van der Waals surface area contributed by atoms with Gasteiger partial charge in [0.05, 0.1) is 16.8 Å². The number of rotatable bonds is 8. The summed E-state index contributed by atoms with van der Waals surface area (Å²) in [7, 11) is -6.13. The van der Waals surface area contributed by atoms with Crippen LogP contribution in [-0.2, 0) is 24.8 Å². The van der Waals surface area contributed by atoms with Gasteiger partial charge < -0.3 is 5.32 Å². The van der Waals surface area contributed by atoms with Crippen molar-refractivity contribution >= 4 is 37.3 Å². The maximum atomic E-state index is 12.9. The molecule has 0 saturated carbocycles. The van der Waals surface area contributed by atoms with Crippen LogP contribution in [0.1, 0.15) is 34.2 Å². The molecule has 2 aromatic rings. The summed E-state index contributed by atoms with van der Waals surface area (Å²) in [4.78, 5) is 12.3. The normalized spacial score (nSPS) is 12.0. The first kappa shape index (κ1) is 25.8. The Bertz CT molecular complexity index is 1230. The smallest absolute Gasteiger partial charge is 0.240 e. The molecular weight excluding hydrogens is 450 g/mol. The van der Waals surface area contributed by atoms with E-state index in [4.69, 9.17) is 0 Å². The van der Waals surface area contributed by atoms with Crippen LogP contribution in [0.15, 0.2) is 29.2 Å². The summed E-state index contributed by atoms with van der Waals surface area (Å²) in [5.41, 5.74) is 4.98. The molecule has 32 heavy (non-hydrogen) atoms. The minimum absolute atomic E-state index is 0.0285. The lowest BCUT2D eigenvalue weighted by molar-refractivity contribution is -0.116. The van der Waals surface area contributed by atoms with Gasteiger partial charge in [-0.2, -0.15) is 0 Å². The molecule has 0 aromatic heterocycles. The maximum absolute atomic E-state index is 12.9. The molecule has 2 rings (SSSR count). The molecule has 0 heterocycles. The van der Waals surface area contributed by atoms with Crippen molar-refractivity contribution in [3.05, 3.63) is 52.1 Å². The summed E-state index contributed by atoms with van der Waals surface area (Å²) < 4.78 is 53.2. The van der Waals surface area contributed by atoms with E-state index in [1.54, 1.807) is 19.9 Å². The Morgan fingerprint density at radius 3 is 2.03 bits per heavy atom. The van der Waals surface area contributed by atoms with Gasteiger partial charge in [-0.15, -0.1) is 0 Å². The van der Waals surface area contributed by atoms with E-state index in [0.29, 0.717) is 16.8 Å². The molecule has 10 heteroatoms. The van der Waals surface area contributed by atoms with Crippen molar-refractivity contribution in [1.82, 2.24) is 4.72 Å². The van der Waals surface area contributed by atoms with Crippen LogP contribution < -0.4 is 14.3 Å². The van der Waals surface area contributed by atoms with Crippen molar-refractivity contribution in [2.75, 3.05) is 29.5 Å². The standard InChI is InChI=1S/C22H31N3O5S2/c1-14-12-16(3)21(17(4)13-14)24-20(26)10-11-23-32(29,30)19-9-8-15(2)22(18(19)5)25(6)31(7,27)28/h8-9,12-13,23H,10-11H2,1-7H3,(H,24,26). The Morgan fingerprint density at radius 2 is 1.50 bits per heavy atom. The molecule has 1 amide bonds. The van der Waals surface area contributed by atoms with Gasteiger partial charge in [0, 0.05) is 25.7 Å². The number of carbonyl (C=O) groups is 1. The molecular formula is C22H31N3O5S2. The highest BCUT2D eigenvalue weighted by molar-refractivity contribution is 7.92. The molecule has 0 aliphatic rings. The van der Waals surface area contributed by atoms with Crippen LogP contribution in [0.2, 0.25) is 0 Å². The first-order valence-electron chi connectivity index (χ1n) is 10.1. The van der Waals surface area contributed by atoms with Crippen LogP contribution in [0.3, 0.4) is 0 Å². The summed E-state index contributed by atoms with van der Waals surface area (Å²) in [6, 6.07) is 6.94. The summed E-state index contributed by atoms with van der Waals surface area (Å²) in [6.07, 6.45) is 1.01. The third-order valence-electron chi connectivity index (χ3n) is 5.27. The van der Waals surface area contributed by atoms with Gasteiger partial charge in [-0.25, -0.2) is 21.6 Å². The topological polar surface area (TPSA) is 113 Å². The number of sulfonamides is 2. The lowest BCUT2D eigenvalue weighted by atomic mass is 10.1. The molecule has 0 atom stereocenters. The van der Waals surface area contributed by atoms with Gasteiger partial charge in [0.15, 0.2) is 0 Å². The highest BCUT2D eigenvalue weighted by Crippen LogP contribution is 2.30.